The molecule has 3 nitrogen and oxygen atoms in total. The van der Waals surface area contributed by atoms with Crippen molar-refractivity contribution in [1.29, 1.82) is 0 Å². The Hall–Kier alpha value is -1.86. The summed E-state index contributed by atoms with van der Waals surface area (Å²) in [7, 11) is 0. The molecule has 20 heavy (non-hydrogen) atoms. The van der Waals surface area contributed by atoms with Crippen LogP contribution in [0.15, 0.2) is 23.2 Å². The molecule has 4 rings (SSSR count). The van der Waals surface area contributed by atoms with Crippen LogP contribution in [0.4, 0.5) is 0 Å². The number of rotatable bonds is 2. The minimum atomic E-state index is -0.283. The van der Waals surface area contributed by atoms with Crippen molar-refractivity contribution in [3.63, 3.8) is 0 Å². The highest BCUT2D eigenvalue weighted by molar-refractivity contribution is 5.86. The minimum Gasteiger partial charge on any atom is -0.358 e. The van der Waals surface area contributed by atoms with Crippen molar-refractivity contribution in [3.05, 3.63) is 35.0 Å². The molecule has 102 valence electrons. The molecule has 2 aliphatic carbocycles. The summed E-state index contributed by atoms with van der Waals surface area (Å²) in [4.78, 5) is 18.4. The van der Waals surface area contributed by atoms with Gasteiger partial charge in [-0.05, 0) is 68.2 Å². The topological polar surface area (TPSA) is 45.2 Å². The summed E-state index contributed by atoms with van der Waals surface area (Å²) in [6.45, 7) is 0. The zero-order valence-electron chi connectivity index (χ0n) is 11.5. The molecule has 3 heteroatoms. The third-order valence-electron chi connectivity index (χ3n) is 5.08. The van der Waals surface area contributed by atoms with Crippen LogP contribution in [0.3, 0.4) is 0 Å². The average Bonchev–Trinajstić information content (AvgIpc) is 2.80. The molecule has 2 aromatic rings. The SMILES string of the molecule is O=C=NC1(c2ccc3[nH]c4c(c3c2)CCCC4)CCC1. The highest BCUT2D eigenvalue weighted by Crippen LogP contribution is 2.45. The smallest absolute Gasteiger partial charge is 0.235 e. The van der Waals surface area contributed by atoms with Gasteiger partial charge in [0.15, 0.2) is 0 Å². The normalized spacial score (nSPS) is 20.0. The van der Waals surface area contributed by atoms with Crippen LogP contribution in [0.5, 0.6) is 0 Å². The van der Waals surface area contributed by atoms with Gasteiger partial charge in [0.1, 0.15) is 0 Å². The van der Waals surface area contributed by atoms with Crippen LogP contribution in [0.1, 0.15) is 48.9 Å². The van der Waals surface area contributed by atoms with Crippen LogP contribution in [0, 0.1) is 0 Å². The van der Waals surface area contributed by atoms with Gasteiger partial charge in [0.05, 0.1) is 5.54 Å². The zero-order valence-corrected chi connectivity index (χ0v) is 11.5. The van der Waals surface area contributed by atoms with Crippen molar-refractivity contribution in [2.75, 3.05) is 0 Å². The maximum absolute atomic E-state index is 10.7. The predicted octanol–water partition coefficient (Wildman–Crippen LogP) is 3.76. The summed E-state index contributed by atoms with van der Waals surface area (Å²) in [6, 6.07) is 6.55. The number of benzene rings is 1. The number of aliphatic imine (C=N–C) groups is 1. The lowest BCUT2D eigenvalue weighted by Gasteiger charge is -2.37. The lowest BCUT2D eigenvalue weighted by Crippen LogP contribution is -2.31. The largest absolute Gasteiger partial charge is 0.358 e. The number of hydrogen-bond acceptors (Lipinski definition) is 2. The quantitative estimate of drug-likeness (QED) is 0.653. The van der Waals surface area contributed by atoms with Crippen LogP contribution < -0.4 is 0 Å². The van der Waals surface area contributed by atoms with E-state index in [1.165, 1.54) is 47.0 Å². The van der Waals surface area contributed by atoms with E-state index in [4.69, 9.17) is 0 Å². The fraction of sp³-hybridized carbons (Fsp3) is 0.471. The summed E-state index contributed by atoms with van der Waals surface area (Å²) in [6.07, 6.45) is 9.77. The van der Waals surface area contributed by atoms with Gasteiger partial charge >= 0.3 is 0 Å². The number of hydrogen-bond donors (Lipinski definition) is 1. The van der Waals surface area contributed by atoms with Crippen LogP contribution in [0.2, 0.25) is 0 Å². The molecule has 1 saturated carbocycles. The van der Waals surface area contributed by atoms with Gasteiger partial charge in [0, 0.05) is 16.6 Å². The van der Waals surface area contributed by atoms with Crippen LogP contribution in [-0.2, 0) is 23.2 Å². The molecule has 1 heterocycles. The van der Waals surface area contributed by atoms with Crippen LogP contribution in [0.25, 0.3) is 10.9 Å². The minimum absolute atomic E-state index is 0.283. The first-order valence-electron chi connectivity index (χ1n) is 7.55. The molecule has 0 unspecified atom stereocenters. The van der Waals surface area contributed by atoms with Crippen molar-refractivity contribution in [2.45, 2.75) is 50.5 Å². The van der Waals surface area contributed by atoms with E-state index in [0.717, 1.165) is 25.7 Å². The second kappa shape index (κ2) is 4.32. The molecule has 0 aliphatic heterocycles. The first kappa shape index (κ1) is 11.9. The standard InChI is InChI=1S/C17H18N2O/c20-11-18-17(8-3-9-17)12-6-7-16-14(10-12)13-4-1-2-5-15(13)19-16/h6-7,10,19H,1-5,8-9H2. The molecule has 1 N–H and O–H groups in total. The predicted molar refractivity (Wildman–Crippen MR) is 78.6 cm³/mol. The molecule has 2 aliphatic rings. The second-order valence-electron chi connectivity index (χ2n) is 6.14. The van der Waals surface area contributed by atoms with Gasteiger partial charge in [-0.3, -0.25) is 0 Å². The Bertz CT molecular complexity index is 718. The molecule has 0 radical (unpaired) electrons. The summed E-state index contributed by atoms with van der Waals surface area (Å²) >= 11 is 0. The van der Waals surface area contributed by atoms with Crippen molar-refractivity contribution in [1.82, 2.24) is 4.98 Å². The Morgan fingerprint density at radius 2 is 2.00 bits per heavy atom. The van der Waals surface area contributed by atoms with E-state index in [9.17, 15) is 4.79 Å². The molecule has 1 aromatic carbocycles. The van der Waals surface area contributed by atoms with E-state index >= 15 is 0 Å². The fourth-order valence-electron chi connectivity index (χ4n) is 3.76. The number of carbonyl (C=O) groups excluding carboxylic acids is 1. The number of nitrogens with zero attached hydrogens (tertiary/aromatic N) is 1. The van der Waals surface area contributed by atoms with E-state index < -0.39 is 0 Å². The molecular weight excluding hydrogens is 248 g/mol. The van der Waals surface area contributed by atoms with E-state index in [2.05, 4.69) is 28.2 Å². The third kappa shape index (κ3) is 1.60. The van der Waals surface area contributed by atoms with Crippen molar-refractivity contribution in [3.8, 4) is 0 Å². The van der Waals surface area contributed by atoms with Crippen LogP contribution in [-0.4, -0.2) is 11.1 Å². The van der Waals surface area contributed by atoms with Crippen LogP contribution >= 0.6 is 0 Å². The number of aromatic amines is 1. The number of aromatic nitrogens is 1. The van der Waals surface area contributed by atoms with Gasteiger partial charge in [-0.2, -0.15) is 4.99 Å². The fourth-order valence-corrected chi connectivity index (χ4v) is 3.76. The van der Waals surface area contributed by atoms with Crippen molar-refractivity contribution >= 4 is 17.0 Å². The molecule has 0 amide bonds. The van der Waals surface area contributed by atoms with Gasteiger partial charge in [-0.25, -0.2) is 4.79 Å². The Morgan fingerprint density at radius 3 is 2.75 bits per heavy atom. The summed E-state index contributed by atoms with van der Waals surface area (Å²) < 4.78 is 0. The molecule has 1 aromatic heterocycles. The summed E-state index contributed by atoms with van der Waals surface area (Å²) in [5.74, 6) is 0. The van der Waals surface area contributed by atoms with Gasteiger partial charge in [0.2, 0.25) is 6.08 Å². The molecule has 0 bridgehead atoms. The maximum Gasteiger partial charge on any atom is 0.235 e. The first-order valence-corrected chi connectivity index (χ1v) is 7.55. The van der Waals surface area contributed by atoms with Gasteiger partial charge < -0.3 is 4.98 Å². The third-order valence-corrected chi connectivity index (χ3v) is 5.08. The summed E-state index contributed by atoms with van der Waals surface area (Å²) in [5, 5.41) is 1.34. The maximum atomic E-state index is 10.7. The second-order valence-corrected chi connectivity index (χ2v) is 6.14. The average molecular weight is 266 g/mol. The van der Waals surface area contributed by atoms with Crippen molar-refractivity contribution in [2.24, 2.45) is 4.99 Å². The lowest BCUT2D eigenvalue weighted by molar-refractivity contribution is 0.256. The highest BCUT2D eigenvalue weighted by Gasteiger charge is 2.39. The Labute approximate surface area is 118 Å². The molecular formula is C17H18N2O. The number of H-pyrrole nitrogens is 1. The number of aryl methyl sites for hydroxylation is 2. The Kier molecular flexibility index (Phi) is 2.58. The Balaban J connectivity index is 1.88. The van der Waals surface area contributed by atoms with Gasteiger partial charge in [-0.15, -0.1) is 0 Å². The summed E-state index contributed by atoms with van der Waals surface area (Å²) in [5.41, 5.74) is 5.02. The van der Waals surface area contributed by atoms with E-state index in [0.29, 0.717) is 0 Å². The van der Waals surface area contributed by atoms with Crippen molar-refractivity contribution < 1.29 is 4.79 Å². The van der Waals surface area contributed by atoms with E-state index in [-0.39, 0.29) is 5.54 Å². The number of nitrogens with one attached hydrogen (secondary N) is 1. The number of fused-ring (bicyclic) bond motifs is 3. The Morgan fingerprint density at radius 1 is 1.15 bits per heavy atom. The first-order chi connectivity index (χ1) is 9.82. The van der Waals surface area contributed by atoms with E-state index in [1.54, 1.807) is 6.08 Å². The monoisotopic (exact) mass is 266 g/mol. The molecule has 1 fully saturated rings. The van der Waals surface area contributed by atoms with Gasteiger partial charge in [-0.1, -0.05) is 6.07 Å². The van der Waals surface area contributed by atoms with E-state index in [1.807, 2.05) is 0 Å². The number of isocyanates is 1. The molecule has 0 atom stereocenters. The zero-order chi connectivity index (χ0) is 13.6. The van der Waals surface area contributed by atoms with Gasteiger partial charge in [0.25, 0.3) is 0 Å². The highest BCUT2D eigenvalue weighted by atomic mass is 16.1. The molecule has 0 saturated heterocycles. The lowest BCUT2D eigenvalue weighted by atomic mass is 9.72. The molecule has 0 spiro atoms.